The van der Waals surface area contributed by atoms with Gasteiger partial charge in [-0.3, -0.25) is 0 Å². The average molecular weight is 295 g/mol. The molecule has 1 aromatic rings. The number of hydrogen-bond donors (Lipinski definition) is 2. The summed E-state index contributed by atoms with van der Waals surface area (Å²) in [6.07, 6.45) is 0.919. The molecule has 5 heteroatoms. The van der Waals surface area contributed by atoms with Crippen LogP contribution < -0.4 is 5.73 Å². The van der Waals surface area contributed by atoms with Gasteiger partial charge in [-0.1, -0.05) is 30.3 Å². The molecule has 1 atom stereocenters. The average Bonchev–Trinajstić information content (AvgIpc) is 2.55. The van der Waals surface area contributed by atoms with E-state index in [1.54, 1.807) is 0 Å². The van der Waals surface area contributed by atoms with Gasteiger partial charge in [-0.15, -0.1) is 0 Å². The summed E-state index contributed by atoms with van der Waals surface area (Å²) in [6, 6.07) is 9.89. The van der Waals surface area contributed by atoms with E-state index in [0.29, 0.717) is 26.4 Å². The molecule has 3 N–H and O–H groups in total. The maximum Gasteiger partial charge on any atom is 0.101 e. The lowest BCUT2D eigenvalue weighted by Gasteiger charge is -2.36. The van der Waals surface area contributed by atoms with Crippen LogP contribution in [0.5, 0.6) is 0 Å². The maximum absolute atomic E-state index is 9.95. The predicted octanol–water partition coefficient (Wildman–Crippen LogP) is 1.09. The van der Waals surface area contributed by atoms with Crippen LogP contribution in [-0.2, 0) is 20.8 Å². The summed E-state index contributed by atoms with van der Waals surface area (Å²) in [5.41, 5.74) is 6.55. The number of hydrogen-bond acceptors (Lipinski definition) is 5. The molecular weight excluding hydrogens is 270 g/mol. The molecule has 2 rings (SSSR count). The Hall–Kier alpha value is -0.980. The van der Waals surface area contributed by atoms with Crippen molar-refractivity contribution < 1.29 is 19.3 Å². The zero-order valence-corrected chi connectivity index (χ0v) is 12.4. The molecule has 1 heterocycles. The van der Waals surface area contributed by atoms with Crippen molar-refractivity contribution in [1.29, 1.82) is 0 Å². The lowest BCUT2D eigenvalue weighted by Crippen LogP contribution is -2.47. The summed E-state index contributed by atoms with van der Waals surface area (Å²) < 4.78 is 16.7. The van der Waals surface area contributed by atoms with E-state index in [1.807, 2.05) is 30.3 Å². The molecule has 5 nitrogen and oxygen atoms in total. The second-order valence-corrected chi connectivity index (χ2v) is 5.47. The van der Waals surface area contributed by atoms with Crippen LogP contribution in [0.1, 0.15) is 18.4 Å². The number of aliphatic hydroxyl groups excluding tert-OH is 1. The molecule has 0 aliphatic carbocycles. The van der Waals surface area contributed by atoms with Crippen LogP contribution in [0.2, 0.25) is 0 Å². The van der Waals surface area contributed by atoms with Gasteiger partial charge in [0.1, 0.15) is 6.10 Å². The van der Waals surface area contributed by atoms with Gasteiger partial charge >= 0.3 is 0 Å². The highest BCUT2D eigenvalue weighted by Crippen LogP contribution is 2.24. The normalized spacial score (nSPS) is 19.3. The van der Waals surface area contributed by atoms with Crippen LogP contribution in [0.15, 0.2) is 30.3 Å². The summed E-state index contributed by atoms with van der Waals surface area (Å²) in [5, 5.41) is 9.95. The second-order valence-electron chi connectivity index (χ2n) is 5.47. The van der Waals surface area contributed by atoms with Gasteiger partial charge in [-0.2, -0.15) is 0 Å². The third kappa shape index (κ3) is 5.37. The smallest absolute Gasteiger partial charge is 0.101 e. The summed E-state index contributed by atoms with van der Waals surface area (Å²) in [7, 11) is 0. The maximum atomic E-state index is 9.95. The van der Waals surface area contributed by atoms with Gasteiger partial charge in [0.15, 0.2) is 0 Å². The first-order valence-corrected chi connectivity index (χ1v) is 7.46. The Bertz CT molecular complexity index is 393. The minimum Gasteiger partial charge on any atom is -0.388 e. The van der Waals surface area contributed by atoms with Gasteiger partial charge in [0.25, 0.3) is 0 Å². The molecule has 118 valence electrons. The molecule has 21 heavy (non-hydrogen) atoms. The van der Waals surface area contributed by atoms with Gasteiger partial charge < -0.3 is 25.1 Å². The van der Waals surface area contributed by atoms with Crippen LogP contribution in [0.25, 0.3) is 0 Å². The number of ether oxygens (including phenoxy) is 3. The van der Waals surface area contributed by atoms with E-state index in [4.69, 9.17) is 19.9 Å². The topological polar surface area (TPSA) is 73.9 Å². The third-order valence-electron chi connectivity index (χ3n) is 3.78. The number of nitrogens with two attached hydrogens (primary N) is 1. The molecule has 1 saturated heterocycles. The van der Waals surface area contributed by atoms with Gasteiger partial charge in [0.05, 0.1) is 25.4 Å². The molecule has 1 fully saturated rings. The molecule has 1 unspecified atom stereocenters. The van der Waals surface area contributed by atoms with Gasteiger partial charge in [0.2, 0.25) is 0 Å². The van der Waals surface area contributed by atoms with E-state index in [0.717, 1.165) is 18.4 Å². The second kappa shape index (κ2) is 8.46. The third-order valence-corrected chi connectivity index (χ3v) is 3.78. The molecule has 1 aliphatic rings. The Morgan fingerprint density at radius 3 is 2.57 bits per heavy atom. The highest BCUT2D eigenvalue weighted by molar-refractivity contribution is 5.13. The number of benzene rings is 1. The zero-order chi connectivity index (χ0) is 15.0. The van der Waals surface area contributed by atoms with Gasteiger partial charge in [-0.05, 0) is 5.56 Å². The fourth-order valence-corrected chi connectivity index (χ4v) is 2.36. The van der Waals surface area contributed by atoms with Crippen LogP contribution in [-0.4, -0.2) is 49.8 Å². The van der Waals surface area contributed by atoms with E-state index < -0.39 is 6.10 Å². The molecule has 0 bridgehead atoms. The molecule has 0 spiro atoms. The monoisotopic (exact) mass is 295 g/mol. The summed E-state index contributed by atoms with van der Waals surface area (Å²) in [4.78, 5) is 0. The van der Waals surface area contributed by atoms with Crippen molar-refractivity contribution in [2.75, 3.05) is 33.0 Å². The highest BCUT2D eigenvalue weighted by atomic mass is 16.5. The quantitative estimate of drug-likeness (QED) is 0.751. The van der Waals surface area contributed by atoms with Crippen molar-refractivity contribution in [3.05, 3.63) is 35.9 Å². The molecule has 0 saturated carbocycles. The summed E-state index contributed by atoms with van der Waals surface area (Å²) in [5.74, 6) is 0. The predicted molar refractivity (Wildman–Crippen MR) is 79.9 cm³/mol. The fraction of sp³-hybridized carbons (Fsp3) is 0.625. The first kappa shape index (κ1) is 16.4. The lowest BCUT2D eigenvalue weighted by molar-refractivity contribution is -0.132. The van der Waals surface area contributed by atoms with Crippen LogP contribution in [0.4, 0.5) is 0 Å². The summed E-state index contributed by atoms with van der Waals surface area (Å²) in [6.45, 7) is 2.77. The SMILES string of the molecule is NCC1(OCC(O)COCc2ccccc2)CCOCC1. The zero-order valence-electron chi connectivity index (χ0n) is 12.4. The van der Waals surface area contributed by atoms with Crippen molar-refractivity contribution >= 4 is 0 Å². The van der Waals surface area contributed by atoms with E-state index in [9.17, 15) is 5.11 Å². The molecule has 0 radical (unpaired) electrons. The van der Waals surface area contributed by atoms with E-state index in [2.05, 4.69) is 0 Å². The first-order chi connectivity index (χ1) is 10.2. The Balaban J connectivity index is 1.66. The molecular formula is C16H25NO4. The van der Waals surface area contributed by atoms with Crippen LogP contribution >= 0.6 is 0 Å². The molecule has 1 aliphatic heterocycles. The minimum absolute atomic E-state index is 0.242. The van der Waals surface area contributed by atoms with Gasteiger partial charge in [-0.25, -0.2) is 0 Å². The fourth-order valence-electron chi connectivity index (χ4n) is 2.36. The Kier molecular flexibility index (Phi) is 6.60. The van der Waals surface area contributed by atoms with Crippen molar-refractivity contribution in [2.45, 2.75) is 31.2 Å². The van der Waals surface area contributed by atoms with E-state index in [-0.39, 0.29) is 18.8 Å². The minimum atomic E-state index is -0.639. The van der Waals surface area contributed by atoms with Crippen LogP contribution in [0, 0.1) is 0 Å². The van der Waals surface area contributed by atoms with E-state index >= 15 is 0 Å². The largest absolute Gasteiger partial charge is 0.388 e. The number of aliphatic hydroxyl groups is 1. The van der Waals surface area contributed by atoms with Crippen molar-refractivity contribution in [1.82, 2.24) is 0 Å². The first-order valence-electron chi connectivity index (χ1n) is 7.46. The Labute approximate surface area is 126 Å². The highest BCUT2D eigenvalue weighted by Gasteiger charge is 2.32. The summed E-state index contributed by atoms with van der Waals surface area (Å²) >= 11 is 0. The van der Waals surface area contributed by atoms with Crippen molar-refractivity contribution in [3.8, 4) is 0 Å². The standard InChI is InChI=1S/C16H25NO4/c17-13-16(6-8-19-9-7-16)21-12-15(18)11-20-10-14-4-2-1-3-5-14/h1-5,15,18H,6-13,17H2. The van der Waals surface area contributed by atoms with Crippen molar-refractivity contribution in [2.24, 2.45) is 5.73 Å². The molecule has 0 aromatic heterocycles. The number of rotatable bonds is 8. The van der Waals surface area contributed by atoms with E-state index in [1.165, 1.54) is 0 Å². The van der Waals surface area contributed by atoms with Gasteiger partial charge in [0, 0.05) is 32.6 Å². The van der Waals surface area contributed by atoms with Crippen molar-refractivity contribution in [3.63, 3.8) is 0 Å². The molecule has 1 aromatic carbocycles. The Morgan fingerprint density at radius 2 is 1.90 bits per heavy atom. The Morgan fingerprint density at radius 1 is 1.19 bits per heavy atom. The van der Waals surface area contributed by atoms with Crippen LogP contribution in [0.3, 0.4) is 0 Å². The molecule has 0 amide bonds. The lowest BCUT2D eigenvalue weighted by atomic mass is 9.94.